The number of nitrogens with zero attached hydrogens (tertiary/aromatic N) is 1. The van der Waals surface area contributed by atoms with Crippen LogP contribution in [0.4, 0.5) is 5.69 Å². The number of rotatable bonds is 0. The van der Waals surface area contributed by atoms with E-state index in [4.69, 9.17) is 0 Å². The second kappa shape index (κ2) is 4.79. The Morgan fingerprint density at radius 2 is 2.10 bits per heavy atom. The summed E-state index contributed by atoms with van der Waals surface area (Å²) in [6.45, 7) is 2.87. The van der Waals surface area contributed by atoms with Crippen LogP contribution in [-0.2, 0) is 4.79 Å². The number of fused-ring (bicyclic) bond motifs is 5. The molecule has 1 N–H and O–H groups in total. The lowest BCUT2D eigenvalue weighted by Crippen LogP contribution is -2.51. The van der Waals surface area contributed by atoms with Gasteiger partial charge in [0.05, 0.1) is 5.69 Å². The molecular formula is C16H16N2OS. The summed E-state index contributed by atoms with van der Waals surface area (Å²) < 4.78 is 0. The number of thioether (sulfide) groups is 1. The quantitative estimate of drug-likeness (QED) is 0.806. The average molecular weight is 284 g/mol. The first kappa shape index (κ1) is 12.2. The van der Waals surface area contributed by atoms with Crippen LogP contribution in [0, 0.1) is 0 Å². The minimum atomic E-state index is 0.277. The second-order valence-corrected chi connectivity index (χ2v) is 6.43. The Bertz CT molecular complexity index is 685. The third-order valence-corrected chi connectivity index (χ3v) is 5.16. The van der Waals surface area contributed by atoms with E-state index in [1.165, 1.54) is 28.2 Å². The van der Waals surface area contributed by atoms with Crippen LogP contribution in [0.5, 0.6) is 0 Å². The number of piperazine rings is 1. The Morgan fingerprint density at radius 3 is 3.05 bits per heavy atom. The van der Waals surface area contributed by atoms with Crippen molar-refractivity contribution >= 4 is 33.3 Å². The molecule has 2 aromatic rings. The van der Waals surface area contributed by atoms with E-state index < -0.39 is 0 Å². The fourth-order valence-electron chi connectivity index (χ4n) is 3.17. The Hall–Kier alpha value is -1.52. The van der Waals surface area contributed by atoms with Crippen LogP contribution < -0.4 is 10.2 Å². The lowest BCUT2D eigenvalue weighted by atomic mass is 10.1. The molecule has 2 aliphatic rings. The third-order valence-electron chi connectivity index (χ3n) is 4.14. The van der Waals surface area contributed by atoms with Crippen molar-refractivity contribution in [1.82, 2.24) is 5.32 Å². The molecule has 1 fully saturated rings. The Balaban J connectivity index is 1.94. The molecule has 0 radical (unpaired) electrons. The zero-order valence-corrected chi connectivity index (χ0v) is 12.0. The number of nitrogens with one attached hydrogen (secondary N) is 1. The van der Waals surface area contributed by atoms with Gasteiger partial charge in [-0.15, -0.1) is 0 Å². The largest absolute Gasteiger partial charge is 0.365 e. The highest BCUT2D eigenvalue weighted by molar-refractivity contribution is 8.14. The lowest BCUT2D eigenvalue weighted by molar-refractivity contribution is -0.111. The van der Waals surface area contributed by atoms with Gasteiger partial charge in [-0.3, -0.25) is 4.79 Å². The third kappa shape index (κ3) is 1.91. The SMILES string of the molecule is O=C1CC2CNCCN2c2ccc3ccccc3c2S1. The zero-order chi connectivity index (χ0) is 13.5. The van der Waals surface area contributed by atoms with E-state index in [0.717, 1.165) is 24.5 Å². The molecule has 3 nitrogen and oxygen atoms in total. The highest BCUT2D eigenvalue weighted by atomic mass is 32.2. The average Bonchev–Trinajstić information content (AvgIpc) is 2.62. The smallest absolute Gasteiger partial charge is 0.195 e. The van der Waals surface area contributed by atoms with E-state index in [1.54, 1.807) is 0 Å². The van der Waals surface area contributed by atoms with Gasteiger partial charge in [-0.05, 0) is 28.6 Å². The molecule has 0 amide bonds. The summed E-state index contributed by atoms with van der Waals surface area (Å²) in [7, 11) is 0. The summed E-state index contributed by atoms with van der Waals surface area (Å²) in [5.74, 6) is 0. The van der Waals surface area contributed by atoms with Gasteiger partial charge in [0, 0.05) is 37.0 Å². The fraction of sp³-hybridized carbons (Fsp3) is 0.312. The molecule has 1 atom stereocenters. The van der Waals surface area contributed by atoms with Crippen molar-refractivity contribution < 1.29 is 4.79 Å². The standard InChI is InChI=1S/C16H16N2OS/c19-15-9-12-10-17-7-8-18(12)14-6-5-11-3-1-2-4-13(11)16(14)20-15/h1-6,12,17H,7-10H2. The van der Waals surface area contributed by atoms with Crippen molar-refractivity contribution in [3.05, 3.63) is 36.4 Å². The van der Waals surface area contributed by atoms with Crippen molar-refractivity contribution in [2.45, 2.75) is 17.4 Å². The molecule has 0 aromatic heterocycles. The number of carbonyl (C=O) groups is 1. The van der Waals surface area contributed by atoms with Gasteiger partial charge in [-0.1, -0.05) is 30.3 Å². The highest BCUT2D eigenvalue weighted by Crippen LogP contribution is 2.41. The minimum Gasteiger partial charge on any atom is -0.365 e. The molecule has 2 aliphatic heterocycles. The number of hydrogen-bond acceptors (Lipinski definition) is 4. The molecule has 0 aliphatic carbocycles. The molecule has 1 saturated heterocycles. The van der Waals surface area contributed by atoms with Crippen molar-refractivity contribution in [3.63, 3.8) is 0 Å². The zero-order valence-electron chi connectivity index (χ0n) is 11.1. The van der Waals surface area contributed by atoms with E-state index >= 15 is 0 Å². The number of carbonyl (C=O) groups excluding carboxylic acids is 1. The molecule has 102 valence electrons. The highest BCUT2D eigenvalue weighted by Gasteiger charge is 2.31. The minimum absolute atomic E-state index is 0.277. The van der Waals surface area contributed by atoms with Gasteiger partial charge in [0.2, 0.25) is 0 Å². The molecular weight excluding hydrogens is 268 g/mol. The monoisotopic (exact) mass is 284 g/mol. The molecule has 1 unspecified atom stereocenters. The van der Waals surface area contributed by atoms with Gasteiger partial charge in [0.1, 0.15) is 0 Å². The first-order valence-electron chi connectivity index (χ1n) is 7.03. The van der Waals surface area contributed by atoms with Crippen LogP contribution in [-0.4, -0.2) is 30.8 Å². The number of hydrogen-bond donors (Lipinski definition) is 1. The topological polar surface area (TPSA) is 32.3 Å². The van der Waals surface area contributed by atoms with E-state index in [9.17, 15) is 4.79 Å². The summed E-state index contributed by atoms with van der Waals surface area (Å²) >= 11 is 1.42. The molecule has 2 heterocycles. The van der Waals surface area contributed by atoms with Crippen LogP contribution in [0.3, 0.4) is 0 Å². The normalized spacial score (nSPS) is 22.3. The maximum absolute atomic E-state index is 12.3. The number of anilines is 1. The van der Waals surface area contributed by atoms with Gasteiger partial charge < -0.3 is 10.2 Å². The van der Waals surface area contributed by atoms with Gasteiger partial charge in [-0.2, -0.15) is 0 Å². The van der Waals surface area contributed by atoms with Crippen LogP contribution in [0.15, 0.2) is 41.3 Å². The Morgan fingerprint density at radius 1 is 1.20 bits per heavy atom. The maximum Gasteiger partial charge on any atom is 0.195 e. The van der Waals surface area contributed by atoms with Crippen LogP contribution in [0.25, 0.3) is 10.8 Å². The lowest BCUT2D eigenvalue weighted by Gasteiger charge is -2.37. The first-order chi connectivity index (χ1) is 9.83. The van der Waals surface area contributed by atoms with E-state index in [-0.39, 0.29) is 5.12 Å². The summed E-state index contributed by atoms with van der Waals surface area (Å²) in [5, 5.41) is 6.08. The van der Waals surface area contributed by atoms with Crippen LogP contribution in [0.2, 0.25) is 0 Å². The Labute approximate surface area is 122 Å². The number of benzene rings is 2. The van der Waals surface area contributed by atoms with Crippen molar-refractivity contribution in [3.8, 4) is 0 Å². The van der Waals surface area contributed by atoms with Gasteiger partial charge >= 0.3 is 0 Å². The van der Waals surface area contributed by atoms with Crippen LogP contribution in [0.1, 0.15) is 6.42 Å². The van der Waals surface area contributed by atoms with Gasteiger partial charge in [0.25, 0.3) is 0 Å². The van der Waals surface area contributed by atoms with Gasteiger partial charge in [-0.25, -0.2) is 0 Å². The summed E-state index contributed by atoms with van der Waals surface area (Å²) in [4.78, 5) is 15.8. The molecule has 2 aromatic carbocycles. The second-order valence-electron chi connectivity index (χ2n) is 5.36. The van der Waals surface area contributed by atoms with Crippen molar-refractivity contribution in [2.24, 2.45) is 0 Å². The molecule has 4 heteroatoms. The first-order valence-corrected chi connectivity index (χ1v) is 7.84. The molecule has 20 heavy (non-hydrogen) atoms. The molecule has 0 bridgehead atoms. The molecule has 0 saturated carbocycles. The van der Waals surface area contributed by atoms with Crippen molar-refractivity contribution in [2.75, 3.05) is 24.5 Å². The Kier molecular flexibility index (Phi) is 2.93. The van der Waals surface area contributed by atoms with E-state index in [1.807, 2.05) is 12.1 Å². The summed E-state index contributed by atoms with van der Waals surface area (Å²) in [5.41, 5.74) is 1.23. The predicted molar refractivity (Wildman–Crippen MR) is 83.4 cm³/mol. The van der Waals surface area contributed by atoms with Gasteiger partial charge in [0.15, 0.2) is 5.12 Å². The summed E-state index contributed by atoms with van der Waals surface area (Å²) in [6.07, 6.45) is 0.626. The summed E-state index contributed by atoms with van der Waals surface area (Å²) in [6, 6.07) is 13.0. The predicted octanol–water partition coefficient (Wildman–Crippen LogP) is 2.64. The van der Waals surface area contributed by atoms with Crippen LogP contribution >= 0.6 is 11.8 Å². The van der Waals surface area contributed by atoms with Crippen molar-refractivity contribution in [1.29, 1.82) is 0 Å². The molecule has 0 spiro atoms. The van der Waals surface area contributed by atoms with E-state index in [2.05, 4.69) is 34.5 Å². The maximum atomic E-state index is 12.3. The fourth-order valence-corrected chi connectivity index (χ4v) is 4.26. The molecule has 4 rings (SSSR count). The van der Waals surface area contributed by atoms with E-state index in [0.29, 0.717) is 12.5 Å².